The molecule has 2 heterocycles. The molecule has 0 atom stereocenters. The Morgan fingerprint density at radius 2 is 2.32 bits per heavy atom. The first kappa shape index (κ1) is 14.0. The van der Waals surface area contributed by atoms with E-state index in [9.17, 15) is 9.59 Å². The van der Waals surface area contributed by atoms with Gasteiger partial charge in [0.1, 0.15) is 0 Å². The summed E-state index contributed by atoms with van der Waals surface area (Å²) in [5.74, 6) is -0.0920. The van der Waals surface area contributed by atoms with E-state index in [0.29, 0.717) is 18.1 Å². The number of amides is 2. The van der Waals surface area contributed by atoms with Crippen molar-refractivity contribution < 1.29 is 9.59 Å². The molecule has 6 nitrogen and oxygen atoms in total. The number of halogens is 2. The van der Waals surface area contributed by atoms with E-state index < -0.39 is 0 Å². The fraction of sp³-hybridized carbons (Fsp3) is 0.364. The van der Waals surface area contributed by atoms with Gasteiger partial charge < -0.3 is 10.6 Å². The lowest BCUT2D eigenvalue weighted by atomic mass is 10.3. The number of nitrogens with one attached hydrogen (secondary N) is 2. The Labute approximate surface area is 120 Å². The van der Waals surface area contributed by atoms with Gasteiger partial charge in [-0.3, -0.25) is 14.5 Å². The molecule has 102 valence electrons. The van der Waals surface area contributed by atoms with Gasteiger partial charge in [0.25, 0.3) is 0 Å². The quantitative estimate of drug-likeness (QED) is 0.864. The van der Waals surface area contributed by atoms with Gasteiger partial charge in [-0.2, -0.15) is 0 Å². The molecule has 1 aromatic rings. The summed E-state index contributed by atoms with van der Waals surface area (Å²) in [4.78, 5) is 28.7. The maximum atomic E-state index is 11.8. The van der Waals surface area contributed by atoms with Crippen molar-refractivity contribution in [3.05, 3.63) is 22.3 Å². The third kappa shape index (κ3) is 4.05. The maximum Gasteiger partial charge on any atom is 0.239 e. The highest BCUT2D eigenvalue weighted by Crippen LogP contribution is 2.22. The van der Waals surface area contributed by atoms with Gasteiger partial charge >= 0.3 is 0 Å². The van der Waals surface area contributed by atoms with Crippen LogP contribution in [-0.4, -0.2) is 47.9 Å². The highest BCUT2D eigenvalue weighted by molar-refractivity contribution is 6.36. The van der Waals surface area contributed by atoms with Crippen molar-refractivity contribution in [1.29, 1.82) is 0 Å². The molecule has 2 N–H and O–H groups in total. The zero-order chi connectivity index (χ0) is 13.8. The van der Waals surface area contributed by atoms with Crippen molar-refractivity contribution >= 4 is 40.8 Å². The number of carbonyl (C=O) groups excluding carboxylic acids is 2. The zero-order valence-corrected chi connectivity index (χ0v) is 11.5. The van der Waals surface area contributed by atoms with Crippen molar-refractivity contribution in [2.75, 3.05) is 31.5 Å². The number of aromatic nitrogens is 1. The lowest BCUT2D eigenvalue weighted by Crippen LogP contribution is -2.49. The molecular weight excluding hydrogens is 291 g/mol. The molecule has 1 aromatic heterocycles. The van der Waals surface area contributed by atoms with Gasteiger partial charge in [0.2, 0.25) is 11.8 Å². The van der Waals surface area contributed by atoms with Crippen molar-refractivity contribution in [2.24, 2.45) is 0 Å². The zero-order valence-electron chi connectivity index (χ0n) is 9.95. The van der Waals surface area contributed by atoms with Crippen molar-refractivity contribution in [3.63, 3.8) is 0 Å². The Morgan fingerprint density at radius 3 is 3.00 bits per heavy atom. The highest BCUT2D eigenvalue weighted by atomic mass is 35.5. The van der Waals surface area contributed by atoms with E-state index in [1.54, 1.807) is 4.90 Å². The predicted octanol–water partition coefficient (Wildman–Crippen LogP) is 0.759. The minimum atomic E-state index is -0.272. The second kappa shape index (κ2) is 6.18. The molecule has 1 saturated heterocycles. The Balaban J connectivity index is 1.92. The molecule has 0 radical (unpaired) electrons. The van der Waals surface area contributed by atoms with Crippen LogP contribution in [0.5, 0.6) is 0 Å². The number of hydrogen-bond acceptors (Lipinski definition) is 4. The van der Waals surface area contributed by atoms with Crippen molar-refractivity contribution in [1.82, 2.24) is 15.2 Å². The second-order valence-corrected chi connectivity index (χ2v) is 4.94. The van der Waals surface area contributed by atoms with E-state index in [-0.39, 0.29) is 35.7 Å². The topological polar surface area (TPSA) is 74.3 Å². The molecule has 2 rings (SSSR count). The molecule has 0 bridgehead atoms. The van der Waals surface area contributed by atoms with Crippen LogP contribution in [0.15, 0.2) is 12.3 Å². The fourth-order valence-corrected chi connectivity index (χ4v) is 2.14. The first-order valence-electron chi connectivity index (χ1n) is 5.64. The number of carbonyl (C=O) groups is 2. The van der Waals surface area contributed by atoms with Crippen LogP contribution in [0.1, 0.15) is 0 Å². The average Bonchev–Trinajstić information content (AvgIpc) is 2.33. The molecule has 2 amide bonds. The van der Waals surface area contributed by atoms with Crippen LogP contribution < -0.4 is 10.6 Å². The van der Waals surface area contributed by atoms with Crippen LogP contribution >= 0.6 is 23.2 Å². The molecule has 1 aliphatic rings. The Bertz CT molecular complexity index is 509. The van der Waals surface area contributed by atoms with Crippen LogP contribution in [-0.2, 0) is 9.59 Å². The SMILES string of the molecule is O=C1CN(CC(=O)Nc2ncc(Cl)cc2Cl)CCN1. The number of hydrogen-bond donors (Lipinski definition) is 2. The van der Waals surface area contributed by atoms with Crippen molar-refractivity contribution in [2.45, 2.75) is 0 Å². The van der Waals surface area contributed by atoms with E-state index in [1.165, 1.54) is 12.3 Å². The Morgan fingerprint density at radius 1 is 1.53 bits per heavy atom. The lowest BCUT2D eigenvalue weighted by Gasteiger charge is -2.25. The summed E-state index contributed by atoms with van der Waals surface area (Å²) in [7, 11) is 0. The minimum Gasteiger partial charge on any atom is -0.354 e. The monoisotopic (exact) mass is 302 g/mol. The smallest absolute Gasteiger partial charge is 0.239 e. The number of rotatable bonds is 3. The highest BCUT2D eigenvalue weighted by Gasteiger charge is 2.19. The van der Waals surface area contributed by atoms with Gasteiger partial charge in [-0.1, -0.05) is 23.2 Å². The van der Waals surface area contributed by atoms with Crippen LogP contribution in [0, 0.1) is 0 Å². The van der Waals surface area contributed by atoms with E-state index in [0.717, 1.165) is 0 Å². The summed E-state index contributed by atoms with van der Waals surface area (Å²) >= 11 is 11.6. The van der Waals surface area contributed by atoms with Crippen LogP contribution in [0.2, 0.25) is 10.0 Å². The van der Waals surface area contributed by atoms with Gasteiger partial charge in [0.05, 0.1) is 23.1 Å². The first-order chi connectivity index (χ1) is 9.04. The van der Waals surface area contributed by atoms with E-state index >= 15 is 0 Å². The standard InChI is InChI=1S/C11H12Cl2N4O2/c12-7-3-8(13)11(15-4-7)16-10(19)6-17-2-1-14-9(18)5-17/h3-4H,1-2,5-6H2,(H,14,18)(H,15,16,19). The van der Waals surface area contributed by atoms with Gasteiger partial charge in [0, 0.05) is 19.3 Å². The fourth-order valence-electron chi connectivity index (χ4n) is 1.71. The average molecular weight is 303 g/mol. The largest absolute Gasteiger partial charge is 0.354 e. The third-order valence-electron chi connectivity index (χ3n) is 2.55. The summed E-state index contributed by atoms with van der Waals surface area (Å²) in [6, 6.07) is 1.50. The molecule has 0 aromatic carbocycles. The second-order valence-electron chi connectivity index (χ2n) is 4.09. The number of pyridine rings is 1. The molecule has 8 heteroatoms. The maximum absolute atomic E-state index is 11.8. The summed E-state index contributed by atoms with van der Waals surface area (Å²) < 4.78 is 0. The molecular formula is C11H12Cl2N4O2. The van der Waals surface area contributed by atoms with Gasteiger partial charge in [-0.05, 0) is 6.07 Å². The molecule has 19 heavy (non-hydrogen) atoms. The Kier molecular flexibility index (Phi) is 4.57. The molecule has 0 spiro atoms. The summed E-state index contributed by atoms with van der Waals surface area (Å²) in [5.41, 5.74) is 0. The molecule has 0 saturated carbocycles. The van der Waals surface area contributed by atoms with E-state index in [1.807, 2.05) is 0 Å². The third-order valence-corrected chi connectivity index (χ3v) is 3.05. The normalized spacial score (nSPS) is 16.0. The lowest BCUT2D eigenvalue weighted by molar-refractivity contribution is -0.125. The van der Waals surface area contributed by atoms with Crippen LogP contribution in [0.3, 0.4) is 0 Å². The number of nitrogens with zero attached hydrogens (tertiary/aromatic N) is 2. The number of anilines is 1. The van der Waals surface area contributed by atoms with E-state index in [2.05, 4.69) is 15.6 Å². The molecule has 0 unspecified atom stereocenters. The molecule has 1 aliphatic heterocycles. The first-order valence-corrected chi connectivity index (χ1v) is 6.40. The van der Waals surface area contributed by atoms with Gasteiger partial charge in [-0.15, -0.1) is 0 Å². The molecule has 1 fully saturated rings. The van der Waals surface area contributed by atoms with Crippen molar-refractivity contribution in [3.8, 4) is 0 Å². The van der Waals surface area contributed by atoms with Gasteiger partial charge in [-0.25, -0.2) is 4.98 Å². The van der Waals surface area contributed by atoms with Gasteiger partial charge in [0.15, 0.2) is 5.82 Å². The summed E-state index contributed by atoms with van der Waals surface area (Å²) in [6.07, 6.45) is 1.40. The number of piperazine rings is 1. The Hall–Kier alpha value is -1.37. The van der Waals surface area contributed by atoms with E-state index in [4.69, 9.17) is 23.2 Å². The summed E-state index contributed by atoms with van der Waals surface area (Å²) in [6.45, 7) is 1.52. The predicted molar refractivity (Wildman–Crippen MR) is 72.3 cm³/mol. The minimum absolute atomic E-state index is 0.0818. The molecule has 0 aliphatic carbocycles. The van der Waals surface area contributed by atoms with Crippen LogP contribution in [0.25, 0.3) is 0 Å². The summed E-state index contributed by atoms with van der Waals surface area (Å²) in [5, 5.41) is 5.95. The van der Waals surface area contributed by atoms with Crippen LogP contribution in [0.4, 0.5) is 5.82 Å².